The van der Waals surface area contributed by atoms with Crippen molar-refractivity contribution >= 4 is 35.3 Å². The average Bonchev–Trinajstić information content (AvgIpc) is 3.05. The zero-order valence-corrected chi connectivity index (χ0v) is 21.1. The molecule has 0 radical (unpaired) electrons. The molecule has 0 spiro atoms. The molecule has 2 aromatic rings. The minimum Gasteiger partial charge on any atom is -0.366 e. The second kappa shape index (κ2) is 9.56. The van der Waals surface area contributed by atoms with Crippen molar-refractivity contribution in [1.29, 1.82) is 0 Å². The van der Waals surface area contributed by atoms with Crippen LogP contribution in [0.5, 0.6) is 0 Å². The molecule has 0 aliphatic carbocycles. The van der Waals surface area contributed by atoms with Gasteiger partial charge in [-0.15, -0.1) is 0 Å². The summed E-state index contributed by atoms with van der Waals surface area (Å²) < 4.78 is 0. The number of anilines is 2. The maximum atomic E-state index is 12.9. The van der Waals surface area contributed by atoms with Crippen LogP contribution in [0, 0.1) is 6.92 Å². The first-order valence-electron chi connectivity index (χ1n) is 12.2. The minimum atomic E-state index is -0.594. The second-order valence-electron chi connectivity index (χ2n) is 10.1. The van der Waals surface area contributed by atoms with Crippen LogP contribution in [0.3, 0.4) is 0 Å². The fourth-order valence-electron chi connectivity index (χ4n) is 5.17. The summed E-state index contributed by atoms with van der Waals surface area (Å²) in [5.41, 5.74) is 5.14. The number of carbonyl (C=O) groups excluding carboxylic acids is 3. The van der Waals surface area contributed by atoms with Crippen LogP contribution in [0.4, 0.5) is 16.2 Å². The van der Waals surface area contributed by atoms with Gasteiger partial charge in [-0.25, -0.2) is 9.69 Å². The number of nitrogens with one attached hydrogen (secondary N) is 2. The van der Waals surface area contributed by atoms with Crippen molar-refractivity contribution in [3.63, 3.8) is 0 Å². The molecule has 184 valence electrons. The molecular formula is C28H34N4O3. The summed E-state index contributed by atoms with van der Waals surface area (Å²) in [6, 6.07) is 13.0. The van der Waals surface area contributed by atoms with Crippen molar-refractivity contribution in [2.45, 2.75) is 58.9 Å². The number of hydrogen-bond donors (Lipinski definition) is 2. The molecule has 7 heteroatoms. The quantitative estimate of drug-likeness (QED) is 0.455. The fraction of sp³-hybridized carbons (Fsp3) is 0.393. The van der Waals surface area contributed by atoms with E-state index in [0.29, 0.717) is 11.6 Å². The predicted molar refractivity (Wildman–Crippen MR) is 139 cm³/mol. The summed E-state index contributed by atoms with van der Waals surface area (Å²) in [4.78, 5) is 41.3. The van der Waals surface area contributed by atoms with Gasteiger partial charge in [-0.2, -0.15) is 0 Å². The van der Waals surface area contributed by atoms with E-state index in [-0.39, 0.29) is 17.8 Å². The number of carbonyl (C=O) groups is 3. The van der Waals surface area contributed by atoms with Crippen molar-refractivity contribution in [3.05, 3.63) is 64.9 Å². The molecule has 0 saturated carbocycles. The lowest BCUT2D eigenvalue weighted by molar-refractivity contribution is -0.127. The van der Waals surface area contributed by atoms with Crippen LogP contribution < -0.4 is 15.5 Å². The molecule has 2 aromatic carbocycles. The van der Waals surface area contributed by atoms with E-state index >= 15 is 0 Å². The predicted octanol–water partition coefficient (Wildman–Crippen LogP) is 5.03. The smallest absolute Gasteiger partial charge is 0.329 e. The summed E-state index contributed by atoms with van der Waals surface area (Å²) in [5.74, 6) is -0.554. The Balaban J connectivity index is 1.52. The van der Waals surface area contributed by atoms with Crippen LogP contribution >= 0.6 is 0 Å². The van der Waals surface area contributed by atoms with Gasteiger partial charge in [0.15, 0.2) is 0 Å². The van der Waals surface area contributed by atoms with E-state index in [2.05, 4.69) is 55.4 Å². The van der Waals surface area contributed by atoms with Gasteiger partial charge < -0.3 is 15.5 Å². The number of para-hydroxylation sites is 1. The number of amides is 4. The molecule has 2 aliphatic heterocycles. The highest BCUT2D eigenvalue weighted by Gasteiger charge is 2.37. The van der Waals surface area contributed by atoms with Crippen LogP contribution in [-0.4, -0.2) is 41.4 Å². The number of rotatable bonds is 6. The monoisotopic (exact) mass is 474 g/mol. The Hall–Kier alpha value is -3.61. The van der Waals surface area contributed by atoms with Crippen LogP contribution in [0.2, 0.25) is 0 Å². The molecule has 35 heavy (non-hydrogen) atoms. The molecule has 1 fully saturated rings. The van der Waals surface area contributed by atoms with E-state index in [1.54, 1.807) is 12.1 Å². The van der Waals surface area contributed by atoms with E-state index < -0.39 is 17.8 Å². The molecule has 1 saturated heterocycles. The highest BCUT2D eigenvalue weighted by atomic mass is 16.2. The highest BCUT2D eigenvalue weighted by Crippen LogP contribution is 2.43. The van der Waals surface area contributed by atoms with Gasteiger partial charge in [0.2, 0.25) is 5.91 Å². The van der Waals surface area contributed by atoms with E-state index in [0.717, 1.165) is 35.4 Å². The first-order valence-corrected chi connectivity index (χ1v) is 12.2. The van der Waals surface area contributed by atoms with Crippen molar-refractivity contribution < 1.29 is 14.4 Å². The largest absolute Gasteiger partial charge is 0.366 e. The normalized spacial score (nSPS) is 20.1. The van der Waals surface area contributed by atoms with E-state index in [1.165, 1.54) is 11.3 Å². The molecule has 2 aliphatic rings. The molecule has 0 aromatic heterocycles. The van der Waals surface area contributed by atoms with Gasteiger partial charge >= 0.3 is 6.03 Å². The van der Waals surface area contributed by atoms with Gasteiger partial charge in [-0.3, -0.25) is 9.59 Å². The van der Waals surface area contributed by atoms with Gasteiger partial charge in [-0.05, 0) is 80.5 Å². The van der Waals surface area contributed by atoms with Crippen LogP contribution in [-0.2, 0) is 9.59 Å². The first-order chi connectivity index (χ1) is 16.6. The minimum absolute atomic E-state index is 0.0805. The summed E-state index contributed by atoms with van der Waals surface area (Å²) in [7, 11) is 0. The average molecular weight is 475 g/mol. The lowest BCUT2D eigenvalue weighted by atomic mass is 9.79. The first kappa shape index (κ1) is 24.5. The van der Waals surface area contributed by atoms with Gasteiger partial charge in [0.05, 0.1) is 0 Å². The Morgan fingerprint density at radius 2 is 1.94 bits per heavy atom. The SMILES string of the molecule is CCCN1c2ccc(/C=C3/NC(=O)N(CC(=O)Nc4ccccc4C)C3=O)cc2C(C)CC1(C)C. The Morgan fingerprint density at radius 3 is 2.66 bits per heavy atom. The standard InChI is InChI=1S/C28H34N4O3/c1-6-13-32-24-12-11-20(14-21(24)19(3)16-28(32,4)5)15-23-26(34)31(27(35)30-23)17-25(33)29-22-10-8-7-9-18(22)2/h7-12,14-15,19H,6,13,16-17H2,1-5H3,(H,29,33)(H,30,35)/b23-15+. The molecule has 2 heterocycles. The molecule has 4 amide bonds. The van der Waals surface area contributed by atoms with Gasteiger partial charge in [-0.1, -0.05) is 38.1 Å². The van der Waals surface area contributed by atoms with Crippen LogP contribution in [0.1, 0.15) is 63.1 Å². The second-order valence-corrected chi connectivity index (χ2v) is 10.1. The van der Waals surface area contributed by atoms with Crippen molar-refractivity contribution in [2.24, 2.45) is 0 Å². The van der Waals surface area contributed by atoms with Gasteiger partial charge in [0.1, 0.15) is 12.2 Å². The van der Waals surface area contributed by atoms with Crippen LogP contribution in [0.15, 0.2) is 48.2 Å². The molecule has 4 rings (SSSR count). The Morgan fingerprint density at radius 1 is 1.20 bits per heavy atom. The fourth-order valence-corrected chi connectivity index (χ4v) is 5.17. The molecule has 1 unspecified atom stereocenters. The number of nitrogens with zero attached hydrogens (tertiary/aromatic N) is 2. The number of urea groups is 1. The third kappa shape index (κ3) is 4.94. The lowest BCUT2D eigenvalue weighted by Gasteiger charge is -2.47. The number of aryl methyl sites for hydroxylation is 1. The Kier molecular flexibility index (Phi) is 6.70. The topological polar surface area (TPSA) is 81.8 Å². The summed E-state index contributed by atoms with van der Waals surface area (Å²) in [5, 5.41) is 5.39. The Bertz CT molecular complexity index is 1200. The number of imide groups is 1. The van der Waals surface area contributed by atoms with Crippen LogP contribution in [0.25, 0.3) is 6.08 Å². The molecular weight excluding hydrogens is 440 g/mol. The lowest BCUT2D eigenvalue weighted by Crippen LogP contribution is -2.48. The van der Waals surface area contributed by atoms with E-state index in [1.807, 2.05) is 31.2 Å². The summed E-state index contributed by atoms with van der Waals surface area (Å²) >= 11 is 0. The van der Waals surface area contributed by atoms with E-state index in [4.69, 9.17) is 0 Å². The number of fused-ring (bicyclic) bond motifs is 1. The van der Waals surface area contributed by atoms with Crippen molar-refractivity contribution in [3.8, 4) is 0 Å². The molecule has 1 atom stereocenters. The molecule has 0 bridgehead atoms. The molecule has 2 N–H and O–H groups in total. The molecule has 7 nitrogen and oxygen atoms in total. The zero-order chi connectivity index (χ0) is 25.3. The van der Waals surface area contributed by atoms with Crippen molar-refractivity contribution in [2.75, 3.05) is 23.3 Å². The number of hydrogen-bond acceptors (Lipinski definition) is 4. The van der Waals surface area contributed by atoms with E-state index in [9.17, 15) is 14.4 Å². The Labute approximate surface area is 207 Å². The number of benzene rings is 2. The van der Waals surface area contributed by atoms with Gasteiger partial charge in [0.25, 0.3) is 5.91 Å². The van der Waals surface area contributed by atoms with Gasteiger partial charge in [0, 0.05) is 23.5 Å². The summed E-state index contributed by atoms with van der Waals surface area (Å²) in [6.45, 7) is 11.5. The third-order valence-electron chi connectivity index (χ3n) is 6.85. The summed E-state index contributed by atoms with van der Waals surface area (Å²) in [6.07, 6.45) is 3.80. The third-order valence-corrected chi connectivity index (χ3v) is 6.85. The maximum Gasteiger partial charge on any atom is 0.329 e. The highest BCUT2D eigenvalue weighted by molar-refractivity contribution is 6.16. The zero-order valence-electron chi connectivity index (χ0n) is 21.1. The van der Waals surface area contributed by atoms with Crippen molar-refractivity contribution in [1.82, 2.24) is 10.2 Å². The maximum absolute atomic E-state index is 12.9.